The molecule has 3 atom stereocenters. The van der Waals surface area contributed by atoms with Gasteiger partial charge in [-0.3, -0.25) is 14.4 Å². The Morgan fingerprint density at radius 3 is 2.55 bits per heavy atom. The third kappa shape index (κ3) is 6.57. The number of nitrogens with zero attached hydrogens (tertiary/aromatic N) is 2. The highest BCUT2D eigenvalue weighted by molar-refractivity contribution is 7.92. The van der Waals surface area contributed by atoms with E-state index in [0.717, 1.165) is 25.3 Å². The van der Waals surface area contributed by atoms with E-state index in [1.165, 1.54) is 12.8 Å². The highest BCUT2D eigenvalue weighted by atomic mass is 32.2. The van der Waals surface area contributed by atoms with Crippen LogP contribution in [0.15, 0.2) is 18.2 Å². The van der Waals surface area contributed by atoms with Gasteiger partial charge in [0.2, 0.25) is 10.0 Å². The molecule has 1 fully saturated rings. The molecule has 0 unspecified atom stereocenters. The molecule has 9 heteroatoms. The van der Waals surface area contributed by atoms with E-state index in [1.807, 2.05) is 0 Å². The average Bonchev–Trinajstić information content (AvgIpc) is 3.51. The van der Waals surface area contributed by atoms with Crippen LogP contribution in [0.3, 0.4) is 0 Å². The van der Waals surface area contributed by atoms with Crippen LogP contribution in [0.5, 0.6) is 5.75 Å². The summed E-state index contributed by atoms with van der Waals surface area (Å²) in [5, 5.41) is 0. The van der Waals surface area contributed by atoms with Gasteiger partial charge >= 0.3 is 0 Å². The first-order valence-corrected chi connectivity index (χ1v) is 12.7. The van der Waals surface area contributed by atoms with Gasteiger partial charge in [0.05, 0.1) is 17.9 Å². The van der Waals surface area contributed by atoms with Gasteiger partial charge in [-0.25, -0.2) is 8.42 Å². The zero-order valence-corrected chi connectivity index (χ0v) is 19.9. The van der Waals surface area contributed by atoms with Crippen molar-refractivity contribution in [2.45, 2.75) is 38.8 Å². The molecule has 0 saturated heterocycles. The molecule has 1 aliphatic carbocycles. The predicted molar refractivity (Wildman–Crippen MR) is 121 cm³/mol. The summed E-state index contributed by atoms with van der Waals surface area (Å²) in [6.07, 6.45) is 3.53. The first-order valence-electron chi connectivity index (χ1n) is 10.8. The normalized spacial score (nSPS) is 26.4. The fourth-order valence-electron chi connectivity index (χ4n) is 4.02. The molecule has 3 rings (SSSR count). The molecule has 0 radical (unpaired) electrons. The number of benzene rings is 1. The second-order valence-corrected chi connectivity index (χ2v) is 10.8. The van der Waals surface area contributed by atoms with Crippen LogP contribution in [0, 0.1) is 11.8 Å². The number of hydrogen-bond acceptors (Lipinski definition) is 6. The zero-order valence-electron chi connectivity index (χ0n) is 19.1. The second-order valence-electron chi connectivity index (χ2n) is 9.08. The Labute approximate surface area is 185 Å². The first kappa shape index (κ1) is 23.8. The SMILES string of the molecule is CO[C@H]1CN(C)C(=O)c2cc(NS(C)(=O)=O)ccc2OC[C@H](C)N(CC2CC2)C[C@H]1C. The van der Waals surface area contributed by atoms with Gasteiger partial charge in [-0.1, -0.05) is 6.92 Å². The molecule has 8 nitrogen and oxygen atoms in total. The van der Waals surface area contributed by atoms with Crippen molar-refractivity contribution in [3.8, 4) is 5.75 Å². The summed E-state index contributed by atoms with van der Waals surface area (Å²) < 4.78 is 37.6. The lowest BCUT2D eigenvalue weighted by molar-refractivity contribution is 0.00994. The molecule has 0 spiro atoms. The number of likely N-dealkylation sites (N-methyl/N-ethyl adjacent to an activating group) is 1. The summed E-state index contributed by atoms with van der Waals surface area (Å²) in [4.78, 5) is 17.3. The molecule has 1 aromatic rings. The van der Waals surface area contributed by atoms with Crippen LogP contribution in [0.1, 0.15) is 37.0 Å². The van der Waals surface area contributed by atoms with Crippen molar-refractivity contribution < 1.29 is 22.7 Å². The van der Waals surface area contributed by atoms with E-state index in [2.05, 4.69) is 23.5 Å². The third-order valence-electron chi connectivity index (χ3n) is 6.07. The van der Waals surface area contributed by atoms with E-state index in [1.54, 1.807) is 37.3 Å². The van der Waals surface area contributed by atoms with Crippen LogP contribution in [-0.2, 0) is 14.8 Å². The third-order valence-corrected chi connectivity index (χ3v) is 6.67. The molecule has 1 N–H and O–H groups in total. The maximum Gasteiger partial charge on any atom is 0.257 e. The number of sulfonamides is 1. The Morgan fingerprint density at radius 2 is 1.94 bits per heavy atom. The molecule has 1 aliphatic heterocycles. The topological polar surface area (TPSA) is 88.2 Å². The Kier molecular flexibility index (Phi) is 7.49. The number of nitrogens with one attached hydrogen (secondary N) is 1. The molecule has 1 saturated carbocycles. The van der Waals surface area contributed by atoms with E-state index >= 15 is 0 Å². The number of carbonyl (C=O) groups excluding carboxylic acids is 1. The van der Waals surface area contributed by atoms with Gasteiger partial charge in [-0.15, -0.1) is 0 Å². The maximum atomic E-state index is 13.2. The van der Waals surface area contributed by atoms with Crippen molar-refractivity contribution in [1.29, 1.82) is 0 Å². The first-order chi connectivity index (χ1) is 14.6. The Hall–Kier alpha value is -1.84. The fraction of sp³-hybridized carbons (Fsp3) is 0.682. The van der Waals surface area contributed by atoms with Gasteiger partial charge < -0.3 is 14.4 Å². The molecule has 1 heterocycles. The van der Waals surface area contributed by atoms with Crippen molar-refractivity contribution in [3.05, 3.63) is 23.8 Å². The lowest BCUT2D eigenvalue weighted by atomic mass is 10.0. The number of fused-ring (bicyclic) bond motifs is 1. The van der Waals surface area contributed by atoms with E-state index in [9.17, 15) is 13.2 Å². The van der Waals surface area contributed by atoms with Gasteiger partial charge in [-0.05, 0) is 49.8 Å². The van der Waals surface area contributed by atoms with Crippen LogP contribution < -0.4 is 9.46 Å². The lowest BCUT2D eigenvalue weighted by Gasteiger charge is -2.36. The van der Waals surface area contributed by atoms with Crippen LogP contribution in [0.25, 0.3) is 0 Å². The fourth-order valence-corrected chi connectivity index (χ4v) is 4.57. The van der Waals surface area contributed by atoms with Crippen molar-refractivity contribution in [2.75, 3.05) is 51.4 Å². The minimum absolute atomic E-state index is 0.107. The number of amides is 1. The lowest BCUT2D eigenvalue weighted by Crippen LogP contribution is -2.47. The summed E-state index contributed by atoms with van der Waals surface area (Å²) in [6.45, 7) is 7.12. The van der Waals surface area contributed by atoms with Gasteiger partial charge in [0.25, 0.3) is 5.91 Å². The van der Waals surface area contributed by atoms with Gasteiger partial charge in [0.1, 0.15) is 12.4 Å². The second kappa shape index (κ2) is 9.75. The summed E-state index contributed by atoms with van der Waals surface area (Å²) in [5.41, 5.74) is 0.666. The zero-order chi connectivity index (χ0) is 22.8. The molecule has 1 amide bonds. The summed E-state index contributed by atoms with van der Waals surface area (Å²) in [5.74, 6) is 1.21. The van der Waals surface area contributed by atoms with Gasteiger partial charge in [0.15, 0.2) is 0 Å². The van der Waals surface area contributed by atoms with Crippen molar-refractivity contribution in [1.82, 2.24) is 9.80 Å². The Morgan fingerprint density at radius 1 is 1.23 bits per heavy atom. The number of hydrogen-bond donors (Lipinski definition) is 1. The predicted octanol–water partition coefficient (Wildman–Crippen LogP) is 2.27. The van der Waals surface area contributed by atoms with Crippen LogP contribution >= 0.6 is 0 Å². The van der Waals surface area contributed by atoms with Crippen molar-refractivity contribution in [3.63, 3.8) is 0 Å². The quantitative estimate of drug-likeness (QED) is 0.736. The number of ether oxygens (including phenoxy) is 2. The number of carbonyl (C=O) groups is 1. The van der Waals surface area contributed by atoms with Crippen LogP contribution in [0.4, 0.5) is 5.69 Å². The average molecular weight is 454 g/mol. The van der Waals surface area contributed by atoms with Crippen LogP contribution in [-0.4, -0.2) is 82.9 Å². The van der Waals surface area contributed by atoms with E-state index in [4.69, 9.17) is 9.47 Å². The molecule has 2 aliphatic rings. The number of rotatable bonds is 5. The van der Waals surface area contributed by atoms with Gasteiger partial charge in [0, 0.05) is 45.5 Å². The minimum atomic E-state index is -3.46. The standard InChI is InChI=1S/C22H35N3O5S/c1-15-11-25(12-17-6-7-17)16(2)14-30-20-9-8-18(23-31(5,27)28)10-19(20)22(26)24(3)13-21(15)29-4/h8-10,15-17,21,23H,6-7,11-14H2,1-5H3/t15-,16+,21+/m1/s1. The number of methoxy groups -OCH3 is 1. The molecule has 0 aromatic heterocycles. The molecule has 0 bridgehead atoms. The minimum Gasteiger partial charge on any atom is -0.491 e. The van der Waals surface area contributed by atoms with Crippen LogP contribution in [0.2, 0.25) is 0 Å². The number of anilines is 1. The molecule has 31 heavy (non-hydrogen) atoms. The van der Waals surface area contributed by atoms with Gasteiger partial charge in [-0.2, -0.15) is 0 Å². The molecule has 174 valence electrons. The maximum absolute atomic E-state index is 13.2. The smallest absolute Gasteiger partial charge is 0.257 e. The van der Waals surface area contributed by atoms with E-state index in [0.29, 0.717) is 30.2 Å². The van der Waals surface area contributed by atoms with E-state index < -0.39 is 10.0 Å². The van der Waals surface area contributed by atoms with E-state index in [-0.39, 0.29) is 24.0 Å². The van der Waals surface area contributed by atoms with Crippen molar-refractivity contribution in [2.24, 2.45) is 11.8 Å². The molecular formula is C22H35N3O5S. The molecular weight excluding hydrogens is 418 g/mol. The summed E-state index contributed by atoms with van der Waals surface area (Å²) in [6, 6.07) is 4.99. The summed E-state index contributed by atoms with van der Waals surface area (Å²) in [7, 11) is -0.0391. The highest BCUT2D eigenvalue weighted by Crippen LogP contribution is 2.32. The Bertz CT molecular complexity index is 887. The summed E-state index contributed by atoms with van der Waals surface area (Å²) >= 11 is 0. The monoisotopic (exact) mass is 453 g/mol. The largest absolute Gasteiger partial charge is 0.491 e. The Balaban J connectivity index is 1.93. The highest BCUT2D eigenvalue weighted by Gasteiger charge is 2.31. The van der Waals surface area contributed by atoms with Crippen molar-refractivity contribution >= 4 is 21.6 Å². The molecule has 1 aromatic carbocycles.